The predicted molar refractivity (Wildman–Crippen MR) is 138 cm³/mol. The standard InChI is InChI=1S/C25H38O8P2/c1-5-18-9-11-22(20(7-3)13-18)24(33-23-12-10-19(6-2)14-21(23)8-4)25(15-26,16-31-34(27)28)17-32-35(29)30/h9-14,24,26-30H,5-8,15-17H2,1-4H3. The van der Waals surface area contributed by atoms with Gasteiger partial charge < -0.3 is 38.5 Å². The second-order valence-corrected chi connectivity index (χ2v) is 9.99. The summed E-state index contributed by atoms with van der Waals surface area (Å²) in [4.78, 5) is 37.9. The monoisotopic (exact) mass is 528 g/mol. The minimum absolute atomic E-state index is 0.344. The van der Waals surface area contributed by atoms with Crippen LogP contribution in [0.2, 0.25) is 0 Å². The van der Waals surface area contributed by atoms with Crippen molar-refractivity contribution in [1.82, 2.24) is 0 Å². The van der Waals surface area contributed by atoms with Gasteiger partial charge in [0.15, 0.2) is 0 Å². The molecule has 0 bridgehead atoms. The average molecular weight is 529 g/mol. The number of hydrogen-bond donors (Lipinski definition) is 5. The minimum atomic E-state index is -2.73. The first-order valence-electron chi connectivity index (χ1n) is 11.9. The Kier molecular flexibility index (Phi) is 12.5. The summed E-state index contributed by atoms with van der Waals surface area (Å²) in [6, 6.07) is 12.0. The van der Waals surface area contributed by atoms with Crippen molar-refractivity contribution in [3.63, 3.8) is 0 Å². The molecule has 0 radical (unpaired) electrons. The zero-order valence-corrected chi connectivity index (χ0v) is 22.6. The van der Waals surface area contributed by atoms with E-state index in [9.17, 15) is 24.7 Å². The maximum Gasteiger partial charge on any atom is 0.327 e. The SMILES string of the molecule is CCc1ccc(OC(c2ccc(CC)cc2CC)C(CO)(COP(O)O)COP(O)O)c(CC)c1. The van der Waals surface area contributed by atoms with E-state index in [1.54, 1.807) is 0 Å². The molecule has 2 aromatic carbocycles. The van der Waals surface area contributed by atoms with E-state index in [1.165, 1.54) is 5.56 Å². The highest BCUT2D eigenvalue weighted by molar-refractivity contribution is 7.39. The van der Waals surface area contributed by atoms with Gasteiger partial charge in [-0.05, 0) is 59.6 Å². The molecular formula is C25H38O8P2. The fourth-order valence-electron chi connectivity index (χ4n) is 4.07. The summed E-state index contributed by atoms with van der Waals surface area (Å²) in [7, 11) is -5.45. The Morgan fingerprint density at radius 3 is 1.71 bits per heavy atom. The van der Waals surface area contributed by atoms with Crippen LogP contribution < -0.4 is 4.74 Å². The summed E-state index contributed by atoms with van der Waals surface area (Å²) >= 11 is 0. The smallest absolute Gasteiger partial charge is 0.327 e. The van der Waals surface area contributed by atoms with E-state index < -0.39 is 35.3 Å². The Bertz CT molecular complexity index is 910. The summed E-state index contributed by atoms with van der Waals surface area (Å²) < 4.78 is 17.0. The third kappa shape index (κ3) is 8.16. The van der Waals surface area contributed by atoms with Crippen LogP contribution in [0.15, 0.2) is 36.4 Å². The van der Waals surface area contributed by atoms with Crippen molar-refractivity contribution in [3.05, 3.63) is 64.2 Å². The molecule has 0 heterocycles. The molecule has 5 N–H and O–H groups in total. The van der Waals surface area contributed by atoms with Crippen molar-refractivity contribution in [3.8, 4) is 5.75 Å². The van der Waals surface area contributed by atoms with Gasteiger partial charge in [-0.25, -0.2) is 0 Å². The van der Waals surface area contributed by atoms with Crippen LogP contribution in [-0.2, 0) is 34.7 Å². The van der Waals surface area contributed by atoms with Crippen LogP contribution in [0.5, 0.6) is 5.75 Å². The summed E-state index contributed by atoms with van der Waals surface area (Å²) in [5, 5.41) is 10.6. The van der Waals surface area contributed by atoms with Crippen LogP contribution in [0.4, 0.5) is 0 Å². The van der Waals surface area contributed by atoms with Gasteiger partial charge >= 0.3 is 17.2 Å². The lowest BCUT2D eigenvalue weighted by Gasteiger charge is -2.40. The van der Waals surface area contributed by atoms with Crippen LogP contribution >= 0.6 is 17.2 Å². The molecule has 0 saturated carbocycles. The molecule has 0 fully saturated rings. The molecule has 8 nitrogen and oxygen atoms in total. The highest BCUT2D eigenvalue weighted by Gasteiger charge is 2.44. The van der Waals surface area contributed by atoms with Crippen LogP contribution in [0.1, 0.15) is 61.6 Å². The summed E-state index contributed by atoms with van der Waals surface area (Å²) in [6.45, 7) is 6.99. The number of aryl methyl sites for hydroxylation is 4. The second kappa shape index (κ2) is 14.5. The van der Waals surface area contributed by atoms with E-state index in [-0.39, 0.29) is 13.2 Å². The maximum absolute atomic E-state index is 10.6. The number of aliphatic hydroxyl groups excluding tert-OH is 1. The molecule has 35 heavy (non-hydrogen) atoms. The highest BCUT2D eigenvalue weighted by atomic mass is 31.2. The molecule has 0 amide bonds. The van der Waals surface area contributed by atoms with Gasteiger partial charge in [-0.1, -0.05) is 58.0 Å². The Morgan fingerprint density at radius 1 is 0.743 bits per heavy atom. The summed E-state index contributed by atoms with van der Waals surface area (Å²) in [5.74, 6) is 0.625. The highest BCUT2D eigenvalue weighted by Crippen LogP contribution is 2.45. The molecule has 0 aliphatic carbocycles. The fraction of sp³-hybridized carbons (Fsp3) is 0.520. The van der Waals surface area contributed by atoms with E-state index in [0.29, 0.717) is 12.2 Å². The van der Waals surface area contributed by atoms with E-state index in [4.69, 9.17) is 13.8 Å². The molecule has 1 atom stereocenters. The third-order valence-electron chi connectivity index (χ3n) is 6.24. The zero-order valence-electron chi connectivity index (χ0n) is 20.8. The Labute approximate surface area is 210 Å². The molecule has 0 aliphatic rings. The molecule has 196 valence electrons. The number of benzene rings is 2. The van der Waals surface area contributed by atoms with Gasteiger partial charge in [0.1, 0.15) is 11.9 Å². The van der Waals surface area contributed by atoms with E-state index >= 15 is 0 Å². The largest absolute Gasteiger partial charge is 0.485 e. The van der Waals surface area contributed by atoms with Crippen molar-refractivity contribution in [2.45, 2.75) is 59.5 Å². The van der Waals surface area contributed by atoms with Gasteiger partial charge in [0.05, 0.1) is 25.2 Å². The molecule has 10 heteroatoms. The van der Waals surface area contributed by atoms with E-state index in [2.05, 4.69) is 26.0 Å². The maximum atomic E-state index is 10.6. The lowest BCUT2D eigenvalue weighted by molar-refractivity contribution is -0.0659. The van der Waals surface area contributed by atoms with Gasteiger partial charge in [-0.3, -0.25) is 0 Å². The predicted octanol–water partition coefficient (Wildman–Crippen LogP) is 4.49. The first kappa shape index (κ1) is 30.0. The van der Waals surface area contributed by atoms with Crippen LogP contribution in [0, 0.1) is 5.41 Å². The molecule has 2 aromatic rings. The van der Waals surface area contributed by atoms with Gasteiger partial charge in [0, 0.05) is 0 Å². The Hall–Kier alpha value is -1.18. The van der Waals surface area contributed by atoms with Crippen molar-refractivity contribution < 1.29 is 38.5 Å². The van der Waals surface area contributed by atoms with Crippen molar-refractivity contribution in [1.29, 1.82) is 0 Å². The van der Waals surface area contributed by atoms with E-state index in [1.807, 2.05) is 38.1 Å². The minimum Gasteiger partial charge on any atom is -0.485 e. The average Bonchev–Trinajstić information content (AvgIpc) is 2.87. The number of hydrogen-bond acceptors (Lipinski definition) is 8. The van der Waals surface area contributed by atoms with Gasteiger partial charge in [0.25, 0.3) is 0 Å². The Morgan fingerprint density at radius 2 is 1.26 bits per heavy atom. The van der Waals surface area contributed by atoms with Crippen molar-refractivity contribution in [2.24, 2.45) is 5.41 Å². The van der Waals surface area contributed by atoms with Crippen molar-refractivity contribution in [2.75, 3.05) is 19.8 Å². The molecule has 0 aromatic heterocycles. The van der Waals surface area contributed by atoms with Crippen LogP contribution in [0.3, 0.4) is 0 Å². The summed E-state index contributed by atoms with van der Waals surface area (Å²) in [5.41, 5.74) is 3.73. The van der Waals surface area contributed by atoms with Crippen molar-refractivity contribution >= 4 is 17.2 Å². The zero-order chi connectivity index (χ0) is 26.0. The lowest BCUT2D eigenvalue weighted by Crippen LogP contribution is -2.44. The number of aliphatic hydroxyl groups is 1. The lowest BCUT2D eigenvalue weighted by atomic mass is 9.78. The molecule has 1 unspecified atom stereocenters. The second-order valence-electron chi connectivity index (χ2n) is 8.46. The number of rotatable bonds is 15. The van der Waals surface area contributed by atoms with Gasteiger partial charge in [-0.2, -0.15) is 0 Å². The van der Waals surface area contributed by atoms with Gasteiger partial charge in [-0.15, -0.1) is 0 Å². The van der Waals surface area contributed by atoms with E-state index in [0.717, 1.165) is 41.5 Å². The molecule has 0 spiro atoms. The Balaban J connectivity index is 2.70. The quantitative estimate of drug-likeness (QED) is 0.214. The fourth-order valence-corrected chi connectivity index (χ4v) is 4.82. The first-order chi connectivity index (χ1) is 16.7. The first-order valence-corrected chi connectivity index (χ1v) is 14.2. The molecule has 2 rings (SSSR count). The normalized spacial score (nSPS) is 13.0. The molecule has 0 saturated heterocycles. The summed E-state index contributed by atoms with van der Waals surface area (Å²) in [6.07, 6.45) is 2.30. The number of ether oxygens (including phenoxy) is 1. The molecular weight excluding hydrogens is 490 g/mol. The topological polar surface area (TPSA) is 129 Å². The third-order valence-corrected chi connectivity index (χ3v) is 6.96. The van der Waals surface area contributed by atoms with Gasteiger partial charge in [0.2, 0.25) is 0 Å². The molecule has 0 aliphatic heterocycles. The van der Waals surface area contributed by atoms with Crippen LogP contribution in [-0.4, -0.2) is 44.5 Å². The van der Waals surface area contributed by atoms with Crippen LogP contribution in [0.25, 0.3) is 0 Å².